The summed E-state index contributed by atoms with van der Waals surface area (Å²) in [6.07, 6.45) is 0. The van der Waals surface area contributed by atoms with Gasteiger partial charge in [0.1, 0.15) is 5.82 Å². The van der Waals surface area contributed by atoms with Crippen molar-refractivity contribution in [3.63, 3.8) is 0 Å². The van der Waals surface area contributed by atoms with Crippen LogP contribution >= 0.6 is 23.7 Å². The molecule has 1 aromatic heterocycles. The van der Waals surface area contributed by atoms with Gasteiger partial charge in [0.15, 0.2) is 0 Å². The van der Waals surface area contributed by atoms with Crippen LogP contribution < -0.4 is 16.4 Å². The maximum absolute atomic E-state index is 13.2. The number of nitrogens with two attached hydrogens (primary N) is 1. The fourth-order valence-electron chi connectivity index (χ4n) is 1.97. The van der Waals surface area contributed by atoms with E-state index < -0.39 is 17.3 Å². The van der Waals surface area contributed by atoms with E-state index in [1.165, 1.54) is 29.5 Å². The van der Waals surface area contributed by atoms with Crippen LogP contribution in [0.5, 0.6) is 0 Å². The lowest BCUT2D eigenvalue weighted by atomic mass is 10.1. The average Bonchev–Trinajstić information content (AvgIpc) is 2.84. The standard InChI is InChI=1S/C17H20FN3O2S.ClH/c1-10-7-13(21-15(22)11-5-4-6-12(18)8-11)24-14(10)16(23)20-9-17(2,3)19;/h4-8H,9,19H2,1-3H3,(H,20,23)(H,21,22);1H. The van der Waals surface area contributed by atoms with E-state index in [0.29, 0.717) is 16.4 Å². The zero-order valence-corrected chi connectivity index (χ0v) is 15.8. The summed E-state index contributed by atoms with van der Waals surface area (Å²) in [6, 6.07) is 7.14. The van der Waals surface area contributed by atoms with Crippen LogP contribution in [0.4, 0.5) is 9.39 Å². The number of carbonyl (C=O) groups is 2. The van der Waals surface area contributed by atoms with Gasteiger partial charge in [-0.25, -0.2) is 4.39 Å². The van der Waals surface area contributed by atoms with Crippen molar-refractivity contribution in [3.8, 4) is 0 Å². The normalized spacial score (nSPS) is 10.8. The Morgan fingerprint density at radius 3 is 2.52 bits per heavy atom. The highest BCUT2D eigenvalue weighted by molar-refractivity contribution is 7.18. The van der Waals surface area contributed by atoms with Crippen LogP contribution in [0.1, 0.15) is 39.4 Å². The van der Waals surface area contributed by atoms with Crippen molar-refractivity contribution in [1.82, 2.24) is 5.32 Å². The number of halogens is 2. The summed E-state index contributed by atoms with van der Waals surface area (Å²) in [7, 11) is 0. The first-order valence-electron chi connectivity index (χ1n) is 7.40. The maximum Gasteiger partial charge on any atom is 0.261 e. The molecule has 8 heteroatoms. The fraction of sp³-hybridized carbons (Fsp3) is 0.294. The number of aryl methyl sites for hydroxylation is 1. The molecule has 25 heavy (non-hydrogen) atoms. The highest BCUT2D eigenvalue weighted by Gasteiger charge is 2.18. The molecule has 0 radical (unpaired) electrons. The molecule has 0 bridgehead atoms. The highest BCUT2D eigenvalue weighted by Crippen LogP contribution is 2.27. The summed E-state index contributed by atoms with van der Waals surface area (Å²) < 4.78 is 13.2. The number of hydrogen-bond donors (Lipinski definition) is 3. The summed E-state index contributed by atoms with van der Waals surface area (Å²) in [5, 5.41) is 5.98. The van der Waals surface area contributed by atoms with Crippen LogP contribution in [0.15, 0.2) is 30.3 Å². The van der Waals surface area contributed by atoms with E-state index in [0.717, 1.165) is 11.6 Å². The van der Waals surface area contributed by atoms with Crippen molar-refractivity contribution in [2.45, 2.75) is 26.3 Å². The molecule has 4 N–H and O–H groups in total. The molecule has 0 fully saturated rings. The number of thiophene rings is 1. The fourth-order valence-corrected chi connectivity index (χ4v) is 2.96. The Hall–Kier alpha value is -1.96. The molecular formula is C17H21ClFN3O2S. The van der Waals surface area contributed by atoms with Crippen molar-refractivity contribution in [1.29, 1.82) is 0 Å². The van der Waals surface area contributed by atoms with Gasteiger partial charge < -0.3 is 16.4 Å². The summed E-state index contributed by atoms with van der Waals surface area (Å²) in [5.41, 5.74) is 6.32. The van der Waals surface area contributed by atoms with Crippen LogP contribution in [0.2, 0.25) is 0 Å². The van der Waals surface area contributed by atoms with Gasteiger partial charge in [-0.2, -0.15) is 0 Å². The second-order valence-electron chi connectivity index (χ2n) is 6.26. The molecular weight excluding hydrogens is 365 g/mol. The smallest absolute Gasteiger partial charge is 0.261 e. The minimum atomic E-state index is -0.505. The first kappa shape index (κ1) is 21.1. The molecule has 1 heterocycles. The Balaban J connectivity index is 0.00000312. The number of benzene rings is 1. The monoisotopic (exact) mass is 385 g/mol. The third-order valence-electron chi connectivity index (χ3n) is 3.15. The molecule has 0 aliphatic heterocycles. The first-order valence-corrected chi connectivity index (χ1v) is 8.22. The molecule has 0 atom stereocenters. The highest BCUT2D eigenvalue weighted by atomic mass is 35.5. The number of rotatable bonds is 5. The molecule has 1 aromatic carbocycles. The quantitative estimate of drug-likeness (QED) is 0.738. The SMILES string of the molecule is Cc1cc(NC(=O)c2cccc(F)c2)sc1C(=O)NCC(C)(C)N.Cl. The third kappa shape index (κ3) is 6.12. The van der Waals surface area contributed by atoms with Gasteiger partial charge in [0.25, 0.3) is 11.8 Å². The lowest BCUT2D eigenvalue weighted by Gasteiger charge is -2.18. The van der Waals surface area contributed by atoms with Gasteiger partial charge >= 0.3 is 0 Å². The van der Waals surface area contributed by atoms with Gasteiger partial charge in [0, 0.05) is 17.6 Å². The van der Waals surface area contributed by atoms with E-state index >= 15 is 0 Å². The second kappa shape index (κ2) is 8.42. The van der Waals surface area contributed by atoms with E-state index in [-0.39, 0.29) is 23.9 Å². The molecule has 2 amide bonds. The predicted molar refractivity (Wildman–Crippen MR) is 101 cm³/mol. The van der Waals surface area contributed by atoms with Gasteiger partial charge in [-0.1, -0.05) is 6.07 Å². The lowest BCUT2D eigenvalue weighted by molar-refractivity contribution is 0.0948. The summed E-state index contributed by atoms with van der Waals surface area (Å²) in [4.78, 5) is 24.8. The molecule has 136 valence electrons. The molecule has 0 spiro atoms. The lowest BCUT2D eigenvalue weighted by Crippen LogP contribution is -2.45. The van der Waals surface area contributed by atoms with E-state index in [2.05, 4.69) is 10.6 Å². The van der Waals surface area contributed by atoms with Crippen LogP contribution in [-0.4, -0.2) is 23.9 Å². The van der Waals surface area contributed by atoms with Crippen LogP contribution in [0.3, 0.4) is 0 Å². The van der Waals surface area contributed by atoms with Crippen molar-refractivity contribution in [2.24, 2.45) is 5.73 Å². The van der Waals surface area contributed by atoms with Crippen LogP contribution in [-0.2, 0) is 0 Å². The zero-order valence-electron chi connectivity index (χ0n) is 14.2. The van der Waals surface area contributed by atoms with Gasteiger partial charge in [-0.15, -0.1) is 23.7 Å². The first-order chi connectivity index (χ1) is 11.2. The molecule has 5 nitrogen and oxygen atoms in total. The Morgan fingerprint density at radius 1 is 1.24 bits per heavy atom. The van der Waals surface area contributed by atoms with Crippen LogP contribution in [0, 0.1) is 12.7 Å². The minimum absolute atomic E-state index is 0. The van der Waals surface area contributed by atoms with E-state index in [4.69, 9.17) is 5.73 Å². The van der Waals surface area contributed by atoms with Gasteiger partial charge in [-0.05, 0) is 50.6 Å². The number of carbonyl (C=O) groups excluding carboxylic acids is 2. The summed E-state index contributed by atoms with van der Waals surface area (Å²) >= 11 is 1.17. The van der Waals surface area contributed by atoms with E-state index in [1.54, 1.807) is 13.0 Å². The van der Waals surface area contributed by atoms with Gasteiger partial charge in [-0.3, -0.25) is 9.59 Å². The van der Waals surface area contributed by atoms with Gasteiger partial charge in [0.05, 0.1) is 9.88 Å². The summed E-state index contributed by atoms with van der Waals surface area (Å²) in [5.74, 6) is -1.14. The van der Waals surface area contributed by atoms with Crippen molar-refractivity contribution < 1.29 is 14.0 Å². The predicted octanol–water partition coefficient (Wildman–Crippen LogP) is 3.34. The van der Waals surface area contributed by atoms with Crippen LogP contribution in [0.25, 0.3) is 0 Å². The Kier molecular flexibility index (Phi) is 7.10. The van der Waals surface area contributed by atoms with Gasteiger partial charge in [0.2, 0.25) is 0 Å². The number of hydrogen-bond acceptors (Lipinski definition) is 4. The number of nitrogens with one attached hydrogen (secondary N) is 2. The Labute approximate surface area is 156 Å². The zero-order chi connectivity index (χ0) is 17.9. The molecule has 0 unspecified atom stereocenters. The molecule has 0 saturated heterocycles. The third-order valence-corrected chi connectivity index (χ3v) is 4.30. The topological polar surface area (TPSA) is 84.2 Å². The minimum Gasteiger partial charge on any atom is -0.350 e. The Bertz CT molecular complexity index is 771. The number of anilines is 1. The largest absolute Gasteiger partial charge is 0.350 e. The Morgan fingerprint density at radius 2 is 1.92 bits per heavy atom. The number of amides is 2. The van der Waals surface area contributed by atoms with Crippen molar-refractivity contribution >= 4 is 40.6 Å². The van der Waals surface area contributed by atoms with Crippen molar-refractivity contribution in [3.05, 3.63) is 52.2 Å². The summed E-state index contributed by atoms with van der Waals surface area (Å²) in [6.45, 7) is 5.77. The second-order valence-corrected chi connectivity index (χ2v) is 7.31. The molecule has 0 saturated carbocycles. The molecule has 0 aliphatic carbocycles. The molecule has 2 rings (SSSR count). The maximum atomic E-state index is 13.2. The van der Waals surface area contributed by atoms with Crippen molar-refractivity contribution in [2.75, 3.05) is 11.9 Å². The molecule has 0 aliphatic rings. The molecule has 2 aromatic rings. The van der Waals surface area contributed by atoms with E-state index in [1.807, 2.05) is 13.8 Å². The van der Waals surface area contributed by atoms with E-state index in [9.17, 15) is 14.0 Å². The average molecular weight is 386 g/mol.